The lowest BCUT2D eigenvalue weighted by molar-refractivity contribution is 0.407. The van der Waals surface area contributed by atoms with Gasteiger partial charge in [0.25, 0.3) is 0 Å². The molecule has 0 aliphatic rings. The van der Waals surface area contributed by atoms with Gasteiger partial charge in [0.2, 0.25) is 0 Å². The molecule has 1 aromatic carbocycles. The third kappa shape index (κ3) is 4.21. The second kappa shape index (κ2) is 6.51. The number of ether oxygens (including phenoxy) is 1. The number of methoxy groups -OCH3 is 1. The van der Waals surface area contributed by atoms with Crippen LogP contribution in [0.3, 0.4) is 0 Å². The van der Waals surface area contributed by atoms with E-state index in [1.165, 1.54) is 11.1 Å². The standard InChI is InChI=1S/C13H22N2O/c1-10-4-5-13(16-3)12(8-10)9-15-7-6-11(2)14/h4-5,8,11,15H,6-7,9,14H2,1-3H3. The summed E-state index contributed by atoms with van der Waals surface area (Å²) in [5.74, 6) is 0.943. The molecule has 0 heterocycles. The molecule has 0 spiro atoms. The van der Waals surface area contributed by atoms with E-state index in [1.54, 1.807) is 7.11 Å². The fourth-order valence-electron chi connectivity index (χ4n) is 1.60. The van der Waals surface area contributed by atoms with Crippen LogP contribution in [0.15, 0.2) is 18.2 Å². The lowest BCUT2D eigenvalue weighted by Gasteiger charge is -2.11. The number of aryl methyl sites for hydroxylation is 1. The smallest absolute Gasteiger partial charge is 0.123 e. The zero-order valence-electron chi connectivity index (χ0n) is 10.4. The monoisotopic (exact) mass is 222 g/mol. The maximum atomic E-state index is 5.69. The SMILES string of the molecule is COc1ccc(C)cc1CNCCC(C)N. The van der Waals surface area contributed by atoms with Gasteiger partial charge >= 0.3 is 0 Å². The molecule has 1 rings (SSSR count). The summed E-state index contributed by atoms with van der Waals surface area (Å²) in [5, 5.41) is 3.37. The van der Waals surface area contributed by atoms with E-state index in [0.717, 1.165) is 25.3 Å². The number of nitrogens with one attached hydrogen (secondary N) is 1. The number of nitrogens with two attached hydrogens (primary N) is 1. The normalized spacial score (nSPS) is 12.5. The van der Waals surface area contributed by atoms with E-state index < -0.39 is 0 Å². The number of rotatable bonds is 6. The summed E-state index contributed by atoms with van der Waals surface area (Å²) in [5.41, 5.74) is 8.14. The van der Waals surface area contributed by atoms with Gasteiger partial charge in [0.05, 0.1) is 7.11 Å². The van der Waals surface area contributed by atoms with Gasteiger partial charge in [-0.25, -0.2) is 0 Å². The van der Waals surface area contributed by atoms with Crippen LogP contribution in [0, 0.1) is 6.92 Å². The van der Waals surface area contributed by atoms with Gasteiger partial charge in [0, 0.05) is 18.2 Å². The summed E-state index contributed by atoms with van der Waals surface area (Å²) in [7, 11) is 1.70. The van der Waals surface area contributed by atoms with E-state index in [0.29, 0.717) is 0 Å². The van der Waals surface area contributed by atoms with Gasteiger partial charge in [-0.1, -0.05) is 17.7 Å². The Morgan fingerprint density at radius 1 is 1.44 bits per heavy atom. The first kappa shape index (κ1) is 13.0. The molecular formula is C13H22N2O. The van der Waals surface area contributed by atoms with Gasteiger partial charge in [-0.05, 0) is 32.9 Å². The average Bonchev–Trinajstić information content (AvgIpc) is 2.24. The molecule has 0 aliphatic carbocycles. The Kier molecular flexibility index (Phi) is 5.29. The Balaban J connectivity index is 2.48. The molecule has 0 radical (unpaired) electrons. The molecule has 0 saturated heterocycles. The number of hydrogen-bond acceptors (Lipinski definition) is 3. The lowest BCUT2D eigenvalue weighted by atomic mass is 10.1. The van der Waals surface area contributed by atoms with Crippen LogP contribution < -0.4 is 15.8 Å². The molecule has 1 atom stereocenters. The maximum Gasteiger partial charge on any atom is 0.123 e. The van der Waals surface area contributed by atoms with E-state index in [9.17, 15) is 0 Å². The van der Waals surface area contributed by atoms with Crippen molar-refractivity contribution in [3.05, 3.63) is 29.3 Å². The van der Waals surface area contributed by atoms with Crippen LogP contribution in [0.4, 0.5) is 0 Å². The molecule has 90 valence electrons. The summed E-state index contributed by atoms with van der Waals surface area (Å²) in [6.45, 7) is 5.88. The quantitative estimate of drug-likeness (QED) is 0.722. The second-order valence-corrected chi connectivity index (χ2v) is 4.26. The molecule has 1 unspecified atom stereocenters. The van der Waals surface area contributed by atoms with E-state index >= 15 is 0 Å². The molecule has 0 aromatic heterocycles. The van der Waals surface area contributed by atoms with Crippen molar-refractivity contribution in [3.63, 3.8) is 0 Å². The molecule has 3 nitrogen and oxygen atoms in total. The highest BCUT2D eigenvalue weighted by molar-refractivity contribution is 5.36. The maximum absolute atomic E-state index is 5.69. The Morgan fingerprint density at radius 3 is 2.81 bits per heavy atom. The van der Waals surface area contributed by atoms with Gasteiger partial charge in [-0.15, -0.1) is 0 Å². The zero-order chi connectivity index (χ0) is 12.0. The fourth-order valence-corrected chi connectivity index (χ4v) is 1.60. The summed E-state index contributed by atoms with van der Waals surface area (Å²) in [4.78, 5) is 0. The minimum absolute atomic E-state index is 0.256. The van der Waals surface area contributed by atoms with Crippen molar-refractivity contribution in [3.8, 4) is 5.75 Å². The highest BCUT2D eigenvalue weighted by Crippen LogP contribution is 2.19. The molecule has 0 bridgehead atoms. The molecule has 3 N–H and O–H groups in total. The van der Waals surface area contributed by atoms with Gasteiger partial charge in [0.15, 0.2) is 0 Å². The third-order valence-electron chi connectivity index (χ3n) is 2.53. The Bertz CT molecular complexity index is 324. The van der Waals surface area contributed by atoms with Crippen LogP contribution in [-0.2, 0) is 6.54 Å². The molecule has 0 amide bonds. The number of hydrogen-bond donors (Lipinski definition) is 2. The summed E-state index contributed by atoms with van der Waals surface area (Å²) >= 11 is 0. The Morgan fingerprint density at radius 2 is 2.19 bits per heavy atom. The summed E-state index contributed by atoms with van der Waals surface area (Å²) in [6, 6.07) is 6.48. The van der Waals surface area contributed by atoms with Crippen molar-refractivity contribution < 1.29 is 4.74 Å². The minimum atomic E-state index is 0.256. The molecule has 16 heavy (non-hydrogen) atoms. The predicted octanol–water partition coefficient (Wildman–Crippen LogP) is 1.83. The third-order valence-corrected chi connectivity index (χ3v) is 2.53. The van der Waals surface area contributed by atoms with Crippen LogP contribution in [0.1, 0.15) is 24.5 Å². The fraction of sp³-hybridized carbons (Fsp3) is 0.538. The van der Waals surface area contributed by atoms with Gasteiger partial charge in [0.1, 0.15) is 5.75 Å². The van der Waals surface area contributed by atoms with Crippen molar-refractivity contribution in [1.82, 2.24) is 5.32 Å². The van der Waals surface area contributed by atoms with Crippen LogP contribution in [0.25, 0.3) is 0 Å². The number of benzene rings is 1. The second-order valence-electron chi connectivity index (χ2n) is 4.26. The highest BCUT2D eigenvalue weighted by Gasteiger charge is 2.02. The van der Waals surface area contributed by atoms with Crippen molar-refractivity contribution in [1.29, 1.82) is 0 Å². The molecule has 0 saturated carbocycles. The van der Waals surface area contributed by atoms with Crippen molar-refractivity contribution >= 4 is 0 Å². The van der Waals surface area contributed by atoms with E-state index in [4.69, 9.17) is 10.5 Å². The Labute approximate surface area is 98.0 Å². The van der Waals surface area contributed by atoms with Crippen molar-refractivity contribution in [2.75, 3.05) is 13.7 Å². The zero-order valence-corrected chi connectivity index (χ0v) is 10.4. The molecule has 1 aromatic rings. The van der Waals surface area contributed by atoms with Crippen molar-refractivity contribution in [2.24, 2.45) is 5.73 Å². The lowest BCUT2D eigenvalue weighted by Crippen LogP contribution is -2.23. The molecule has 0 fully saturated rings. The van der Waals surface area contributed by atoms with Crippen LogP contribution in [0.2, 0.25) is 0 Å². The van der Waals surface area contributed by atoms with Gasteiger partial charge < -0.3 is 15.8 Å². The molecule has 3 heteroatoms. The van der Waals surface area contributed by atoms with Gasteiger partial charge in [-0.3, -0.25) is 0 Å². The van der Waals surface area contributed by atoms with Crippen molar-refractivity contribution in [2.45, 2.75) is 32.9 Å². The first-order valence-corrected chi connectivity index (χ1v) is 5.73. The first-order chi connectivity index (χ1) is 7.63. The van der Waals surface area contributed by atoms with Gasteiger partial charge in [-0.2, -0.15) is 0 Å². The predicted molar refractivity (Wildman–Crippen MR) is 67.7 cm³/mol. The molecular weight excluding hydrogens is 200 g/mol. The summed E-state index contributed by atoms with van der Waals surface area (Å²) in [6.07, 6.45) is 0.994. The van der Waals surface area contributed by atoms with Crippen LogP contribution in [0.5, 0.6) is 5.75 Å². The minimum Gasteiger partial charge on any atom is -0.496 e. The average molecular weight is 222 g/mol. The first-order valence-electron chi connectivity index (χ1n) is 5.73. The largest absolute Gasteiger partial charge is 0.496 e. The van der Waals surface area contributed by atoms with Crippen LogP contribution in [-0.4, -0.2) is 19.7 Å². The van der Waals surface area contributed by atoms with Crippen LogP contribution >= 0.6 is 0 Å². The summed E-state index contributed by atoms with van der Waals surface area (Å²) < 4.78 is 5.31. The molecule has 0 aliphatic heterocycles. The highest BCUT2D eigenvalue weighted by atomic mass is 16.5. The Hall–Kier alpha value is -1.06. The van der Waals surface area contributed by atoms with E-state index in [-0.39, 0.29) is 6.04 Å². The van der Waals surface area contributed by atoms with E-state index in [1.807, 2.05) is 13.0 Å². The topological polar surface area (TPSA) is 47.3 Å². The van der Waals surface area contributed by atoms with E-state index in [2.05, 4.69) is 24.4 Å².